The number of amides is 1. The molecule has 1 N–H and O–H groups in total. The van der Waals surface area contributed by atoms with E-state index in [-0.39, 0.29) is 11.7 Å². The molecular formula is C18H18FN5O. The van der Waals surface area contributed by atoms with E-state index in [4.69, 9.17) is 0 Å². The van der Waals surface area contributed by atoms with Crippen molar-refractivity contribution in [3.05, 3.63) is 77.6 Å². The number of H-pyrrole nitrogens is 1. The van der Waals surface area contributed by atoms with Gasteiger partial charge in [0.15, 0.2) is 5.82 Å². The maximum absolute atomic E-state index is 13.3. The molecule has 1 atom stereocenters. The number of nitrogens with one attached hydrogen (secondary N) is 1. The number of benzene rings is 1. The number of aromatic amines is 1. The van der Waals surface area contributed by atoms with Gasteiger partial charge in [-0.25, -0.2) is 19.3 Å². The molecule has 2 aromatic heterocycles. The second-order valence-electron chi connectivity index (χ2n) is 5.57. The molecule has 0 radical (unpaired) electrons. The zero-order chi connectivity index (χ0) is 17.8. The van der Waals surface area contributed by atoms with Crippen LogP contribution in [0.25, 0.3) is 0 Å². The lowest BCUT2D eigenvalue weighted by atomic mass is 10.0. The number of rotatable bonds is 5. The molecule has 1 amide bonds. The molecular weight excluding hydrogens is 321 g/mol. The first-order chi connectivity index (χ1) is 12.1. The van der Waals surface area contributed by atoms with Gasteiger partial charge >= 0.3 is 0 Å². The number of carbonyl (C=O) groups is 1. The average Bonchev–Trinajstić information content (AvgIpc) is 3.13. The maximum atomic E-state index is 13.3. The molecule has 6 nitrogen and oxygen atoms in total. The first-order valence-electron chi connectivity index (χ1n) is 7.93. The van der Waals surface area contributed by atoms with Gasteiger partial charge in [-0.1, -0.05) is 19.1 Å². The van der Waals surface area contributed by atoms with E-state index in [1.54, 1.807) is 37.6 Å². The predicted molar refractivity (Wildman–Crippen MR) is 90.3 cm³/mol. The first kappa shape index (κ1) is 16.8. The van der Waals surface area contributed by atoms with E-state index in [2.05, 4.69) is 19.9 Å². The van der Waals surface area contributed by atoms with Crippen LogP contribution in [0.1, 0.15) is 40.7 Å². The molecule has 0 spiro atoms. The van der Waals surface area contributed by atoms with Gasteiger partial charge in [-0.2, -0.15) is 0 Å². The smallest absolute Gasteiger partial charge is 0.272 e. The van der Waals surface area contributed by atoms with Crippen molar-refractivity contribution in [3.8, 4) is 0 Å². The van der Waals surface area contributed by atoms with Crippen molar-refractivity contribution in [2.24, 2.45) is 0 Å². The van der Waals surface area contributed by atoms with Gasteiger partial charge in [0, 0.05) is 25.9 Å². The Morgan fingerprint density at radius 2 is 1.88 bits per heavy atom. The zero-order valence-electron chi connectivity index (χ0n) is 14.0. The molecule has 2 heterocycles. The van der Waals surface area contributed by atoms with Gasteiger partial charge in [-0.15, -0.1) is 0 Å². The predicted octanol–water partition coefficient (Wildman–Crippen LogP) is 2.76. The van der Waals surface area contributed by atoms with Gasteiger partial charge in [-0.05, 0) is 23.8 Å². The Kier molecular flexibility index (Phi) is 4.83. The Balaban J connectivity index is 1.98. The highest BCUT2D eigenvalue weighted by molar-refractivity contribution is 5.92. The van der Waals surface area contributed by atoms with Gasteiger partial charge in [0.2, 0.25) is 0 Å². The van der Waals surface area contributed by atoms with Crippen LogP contribution >= 0.6 is 0 Å². The molecule has 1 aromatic carbocycles. The third-order valence-corrected chi connectivity index (χ3v) is 3.92. The lowest BCUT2D eigenvalue weighted by molar-refractivity contribution is 0.0744. The summed E-state index contributed by atoms with van der Waals surface area (Å²) in [5.41, 5.74) is 1.11. The number of aryl methyl sites for hydroxylation is 1. The largest absolute Gasteiger partial charge is 0.338 e. The summed E-state index contributed by atoms with van der Waals surface area (Å²) in [5, 5.41) is 0. The van der Waals surface area contributed by atoms with Crippen molar-refractivity contribution in [3.63, 3.8) is 0 Å². The zero-order valence-corrected chi connectivity index (χ0v) is 14.0. The molecule has 0 bridgehead atoms. The highest BCUT2D eigenvalue weighted by Crippen LogP contribution is 2.26. The average molecular weight is 339 g/mol. The molecule has 0 saturated carbocycles. The first-order valence-corrected chi connectivity index (χ1v) is 7.93. The van der Waals surface area contributed by atoms with E-state index in [1.165, 1.54) is 23.2 Å². The second-order valence-corrected chi connectivity index (χ2v) is 5.57. The molecule has 3 rings (SSSR count). The minimum Gasteiger partial charge on any atom is -0.338 e. The van der Waals surface area contributed by atoms with Crippen molar-refractivity contribution in [1.82, 2.24) is 24.8 Å². The second kappa shape index (κ2) is 7.21. The lowest BCUT2D eigenvalue weighted by Crippen LogP contribution is -2.33. The molecule has 25 heavy (non-hydrogen) atoms. The third-order valence-electron chi connectivity index (χ3n) is 3.92. The summed E-state index contributed by atoms with van der Waals surface area (Å²) in [6, 6.07) is 7.14. The number of hydrogen-bond acceptors (Lipinski definition) is 4. The SMILES string of the molecule is CCc1ncc(C(=O)N(C)[C@H](c2ccc(F)cc2)c2ncccn2)[nH]1. The van der Waals surface area contributed by atoms with Crippen LogP contribution in [0.2, 0.25) is 0 Å². The van der Waals surface area contributed by atoms with Crippen LogP contribution in [0.15, 0.2) is 48.9 Å². The summed E-state index contributed by atoms with van der Waals surface area (Å²) >= 11 is 0. The van der Waals surface area contributed by atoms with Gasteiger partial charge < -0.3 is 9.88 Å². The molecule has 128 valence electrons. The number of halogens is 1. The fraction of sp³-hybridized carbons (Fsp3) is 0.222. The van der Waals surface area contributed by atoms with Crippen LogP contribution in [-0.2, 0) is 6.42 Å². The van der Waals surface area contributed by atoms with Crippen LogP contribution < -0.4 is 0 Å². The number of nitrogens with zero attached hydrogens (tertiary/aromatic N) is 4. The summed E-state index contributed by atoms with van der Waals surface area (Å²) in [4.78, 5) is 30.1. The van der Waals surface area contributed by atoms with E-state index in [0.29, 0.717) is 17.9 Å². The van der Waals surface area contributed by atoms with Gasteiger partial charge in [-0.3, -0.25) is 4.79 Å². The van der Waals surface area contributed by atoms with Gasteiger partial charge in [0.25, 0.3) is 5.91 Å². The lowest BCUT2D eigenvalue weighted by Gasteiger charge is -2.27. The van der Waals surface area contributed by atoms with E-state index >= 15 is 0 Å². The summed E-state index contributed by atoms with van der Waals surface area (Å²) in [6.07, 6.45) is 5.45. The molecule has 3 aromatic rings. The molecule has 7 heteroatoms. The molecule has 0 aliphatic rings. The quantitative estimate of drug-likeness (QED) is 0.775. The minimum atomic E-state index is -0.539. The third kappa shape index (κ3) is 3.55. The fourth-order valence-electron chi connectivity index (χ4n) is 2.60. The van der Waals surface area contributed by atoms with Crippen molar-refractivity contribution in [1.29, 1.82) is 0 Å². The van der Waals surface area contributed by atoms with Gasteiger partial charge in [0.1, 0.15) is 23.4 Å². The molecule has 0 fully saturated rings. The summed E-state index contributed by atoms with van der Waals surface area (Å²) in [6.45, 7) is 1.95. The van der Waals surface area contributed by atoms with E-state index < -0.39 is 6.04 Å². The van der Waals surface area contributed by atoms with Crippen LogP contribution in [0.4, 0.5) is 4.39 Å². The Morgan fingerprint density at radius 3 is 2.48 bits per heavy atom. The van der Waals surface area contributed by atoms with Crippen molar-refractivity contribution in [2.75, 3.05) is 7.05 Å². The van der Waals surface area contributed by atoms with Crippen LogP contribution in [0.3, 0.4) is 0 Å². The molecule has 0 aliphatic carbocycles. The maximum Gasteiger partial charge on any atom is 0.272 e. The van der Waals surface area contributed by atoms with Crippen molar-refractivity contribution < 1.29 is 9.18 Å². The molecule has 0 unspecified atom stereocenters. The Morgan fingerprint density at radius 1 is 1.20 bits per heavy atom. The fourth-order valence-corrected chi connectivity index (χ4v) is 2.60. The van der Waals surface area contributed by atoms with Crippen LogP contribution in [0.5, 0.6) is 0 Å². The number of imidazole rings is 1. The summed E-state index contributed by atoms with van der Waals surface area (Å²) in [7, 11) is 1.67. The Bertz CT molecular complexity index is 847. The summed E-state index contributed by atoms with van der Waals surface area (Å²) < 4.78 is 13.3. The Labute approximate surface area is 144 Å². The molecule has 0 saturated heterocycles. The van der Waals surface area contributed by atoms with E-state index in [9.17, 15) is 9.18 Å². The highest BCUT2D eigenvalue weighted by Gasteiger charge is 2.27. The monoisotopic (exact) mass is 339 g/mol. The van der Waals surface area contributed by atoms with Crippen LogP contribution in [0, 0.1) is 5.82 Å². The number of hydrogen-bond donors (Lipinski definition) is 1. The minimum absolute atomic E-state index is 0.242. The summed E-state index contributed by atoms with van der Waals surface area (Å²) in [5.74, 6) is 0.617. The Hall–Kier alpha value is -3.09. The van der Waals surface area contributed by atoms with Gasteiger partial charge in [0.05, 0.1) is 6.20 Å². The van der Waals surface area contributed by atoms with Crippen molar-refractivity contribution >= 4 is 5.91 Å². The number of carbonyl (C=O) groups excluding carboxylic acids is 1. The van der Waals surface area contributed by atoms with E-state index in [1.807, 2.05) is 6.92 Å². The van der Waals surface area contributed by atoms with Crippen LogP contribution in [-0.4, -0.2) is 37.8 Å². The standard InChI is InChI=1S/C18H18FN5O/c1-3-15-22-11-14(23-15)18(25)24(2)16(17-20-9-4-10-21-17)12-5-7-13(19)8-6-12/h4-11,16H,3H2,1-2H3,(H,22,23)/t16-/m1/s1. The van der Waals surface area contributed by atoms with E-state index in [0.717, 1.165) is 11.4 Å². The normalized spacial score (nSPS) is 12.0. The highest BCUT2D eigenvalue weighted by atomic mass is 19.1. The number of aromatic nitrogens is 4. The topological polar surface area (TPSA) is 74.8 Å². The van der Waals surface area contributed by atoms with Crippen molar-refractivity contribution in [2.45, 2.75) is 19.4 Å². The molecule has 0 aliphatic heterocycles.